The number of nitriles is 2. The van der Waals surface area contributed by atoms with Crippen molar-refractivity contribution in [1.82, 2.24) is 4.98 Å². The quantitative estimate of drug-likeness (QED) is 0.664. The van der Waals surface area contributed by atoms with Crippen molar-refractivity contribution in [2.24, 2.45) is 0 Å². The first-order chi connectivity index (χ1) is 11.7. The van der Waals surface area contributed by atoms with E-state index in [2.05, 4.69) is 17.1 Å². The number of hydrogen-bond donors (Lipinski definition) is 1. The van der Waals surface area contributed by atoms with Gasteiger partial charge in [-0.2, -0.15) is 10.5 Å². The Balaban J connectivity index is 2.41. The van der Waals surface area contributed by atoms with Crippen LogP contribution in [-0.4, -0.2) is 4.98 Å². The van der Waals surface area contributed by atoms with Crippen molar-refractivity contribution in [3.63, 3.8) is 0 Å². The zero-order valence-electron chi connectivity index (χ0n) is 13.0. The van der Waals surface area contributed by atoms with Gasteiger partial charge in [-0.05, 0) is 18.1 Å². The number of aromatic amines is 1. The van der Waals surface area contributed by atoms with Crippen molar-refractivity contribution in [2.45, 2.75) is 6.92 Å². The first-order valence-corrected chi connectivity index (χ1v) is 7.79. The Bertz CT molecular complexity index is 1030. The van der Waals surface area contributed by atoms with E-state index in [4.69, 9.17) is 12.2 Å². The summed E-state index contributed by atoms with van der Waals surface area (Å²) in [6.45, 7) is 1.99. The van der Waals surface area contributed by atoms with Crippen molar-refractivity contribution in [2.75, 3.05) is 0 Å². The van der Waals surface area contributed by atoms with Gasteiger partial charge in [-0.3, -0.25) is 0 Å². The fourth-order valence-electron chi connectivity index (χ4n) is 2.65. The van der Waals surface area contributed by atoms with Crippen LogP contribution in [0.4, 0.5) is 0 Å². The van der Waals surface area contributed by atoms with E-state index in [1.54, 1.807) is 0 Å². The maximum atomic E-state index is 9.77. The maximum Gasteiger partial charge on any atom is 0.122 e. The van der Waals surface area contributed by atoms with Crippen LogP contribution >= 0.6 is 12.2 Å². The highest BCUT2D eigenvalue weighted by Gasteiger charge is 2.18. The number of hydrogen-bond acceptors (Lipinski definition) is 3. The summed E-state index contributed by atoms with van der Waals surface area (Å²) in [4.78, 5) is 3.05. The molecule has 0 atom stereocenters. The van der Waals surface area contributed by atoms with Crippen LogP contribution in [0.3, 0.4) is 0 Å². The molecule has 1 aromatic heterocycles. The molecule has 1 heterocycles. The molecule has 0 aliphatic rings. The number of rotatable bonds is 2. The van der Waals surface area contributed by atoms with Gasteiger partial charge in [-0.15, -0.1) is 0 Å². The Kier molecular flexibility index (Phi) is 4.24. The van der Waals surface area contributed by atoms with Crippen LogP contribution in [-0.2, 0) is 0 Å². The summed E-state index contributed by atoms with van der Waals surface area (Å²) >= 11 is 5.37. The van der Waals surface area contributed by atoms with Gasteiger partial charge in [0.25, 0.3) is 0 Å². The maximum absolute atomic E-state index is 9.77. The number of H-pyrrole nitrogens is 1. The Morgan fingerprint density at radius 2 is 1.46 bits per heavy atom. The lowest BCUT2D eigenvalue weighted by Crippen LogP contribution is -1.99. The van der Waals surface area contributed by atoms with Gasteiger partial charge in [-0.1, -0.05) is 72.4 Å². The highest BCUT2D eigenvalue weighted by molar-refractivity contribution is 7.71. The van der Waals surface area contributed by atoms with E-state index in [0.29, 0.717) is 27.0 Å². The number of nitrogens with zero attached hydrogens (tertiary/aromatic N) is 2. The first-order valence-electron chi connectivity index (χ1n) is 7.38. The van der Waals surface area contributed by atoms with Crippen LogP contribution in [0.1, 0.15) is 16.7 Å². The third kappa shape index (κ3) is 2.72. The molecule has 0 saturated carbocycles. The number of aryl methyl sites for hydroxylation is 1. The molecule has 0 aliphatic heterocycles. The molecule has 0 aliphatic carbocycles. The van der Waals surface area contributed by atoms with Gasteiger partial charge in [0, 0.05) is 5.56 Å². The standard InChI is InChI=1S/C20H13N3S/c1-13-7-9-14(10-8-13)18-16(11-21)19(15-5-3-2-4-6-15)23-20(24)17(18)12-22/h2-10H,1H3,(H,23,24). The molecule has 3 aromatic rings. The van der Waals surface area contributed by atoms with Gasteiger partial charge in [0.1, 0.15) is 16.8 Å². The largest absolute Gasteiger partial charge is 0.344 e. The van der Waals surface area contributed by atoms with Gasteiger partial charge < -0.3 is 4.98 Å². The van der Waals surface area contributed by atoms with E-state index in [0.717, 1.165) is 16.7 Å². The normalized spacial score (nSPS) is 9.96. The van der Waals surface area contributed by atoms with Crippen LogP contribution < -0.4 is 0 Å². The van der Waals surface area contributed by atoms with E-state index < -0.39 is 0 Å². The molecule has 2 aromatic carbocycles. The van der Waals surface area contributed by atoms with E-state index in [1.165, 1.54) is 0 Å². The van der Waals surface area contributed by atoms with E-state index in [-0.39, 0.29) is 0 Å². The number of benzene rings is 2. The number of aromatic nitrogens is 1. The van der Waals surface area contributed by atoms with Gasteiger partial charge in [0.05, 0.1) is 16.8 Å². The summed E-state index contributed by atoms with van der Waals surface area (Å²) in [5.74, 6) is 0. The first kappa shape index (κ1) is 15.7. The molecule has 4 heteroatoms. The molecule has 1 N–H and O–H groups in total. The van der Waals surface area contributed by atoms with E-state index in [1.807, 2.05) is 61.5 Å². The molecule has 114 valence electrons. The Morgan fingerprint density at radius 1 is 0.833 bits per heavy atom. The molecular weight excluding hydrogens is 314 g/mol. The Labute approximate surface area is 145 Å². The second kappa shape index (κ2) is 6.50. The minimum atomic E-state index is 0.324. The number of nitrogens with one attached hydrogen (secondary N) is 1. The molecule has 3 nitrogen and oxygen atoms in total. The van der Waals surface area contributed by atoms with Crippen molar-refractivity contribution in [3.05, 3.63) is 75.9 Å². The Hall–Kier alpha value is -3.21. The molecule has 0 radical (unpaired) electrons. The smallest absolute Gasteiger partial charge is 0.122 e. The topological polar surface area (TPSA) is 63.4 Å². The monoisotopic (exact) mass is 327 g/mol. The van der Waals surface area contributed by atoms with Crippen LogP contribution in [0.15, 0.2) is 54.6 Å². The van der Waals surface area contributed by atoms with Crippen molar-refractivity contribution < 1.29 is 0 Å². The zero-order chi connectivity index (χ0) is 17.1. The van der Waals surface area contributed by atoms with Crippen LogP contribution in [0.5, 0.6) is 0 Å². The van der Waals surface area contributed by atoms with Crippen LogP contribution in [0, 0.1) is 34.2 Å². The SMILES string of the molecule is Cc1ccc(-c2c(C#N)c(-c3ccccc3)[nH]c(=S)c2C#N)cc1. The van der Waals surface area contributed by atoms with Gasteiger partial charge >= 0.3 is 0 Å². The molecule has 0 unspecified atom stereocenters. The van der Waals surface area contributed by atoms with Crippen LogP contribution in [0.25, 0.3) is 22.4 Å². The minimum Gasteiger partial charge on any atom is -0.344 e. The lowest BCUT2D eigenvalue weighted by atomic mass is 9.93. The predicted molar refractivity (Wildman–Crippen MR) is 96.7 cm³/mol. The Morgan fingerprint density at radius 3 is 2.04 bits per heavy atom. The molecule has 0 spiro atoms. The summed E-state index contributed by atoms with van der Waals surface area (Å²) in [6.07, 6.45) is 0. The molecule has 24 heavy (non-hydrogen) atoms. The number of pyridine rings is 1. The molecule has 3 rings (SSSR count). The second-order valence-corrected chi connectivity index (χ2v) is 5.82. The predicted octanol–water partition coefficient (Wildman–Crippen LogP) is 5.13. The average Bonchev–Trinajstić information content (AvgIpc) is 2.62. The van der Waals surface area contributed by atoms with Crippen molar-refractivity contribution >= 4 is 12.2 Å². The summed E-state index contributed by atoms with van der Waals surface area (Å²) in [7, 11) is 0. The van der Waals surface area contributed by atoms with Gasteiger partial charge in [0.15, 0.2) is 0 Å². The van der Waals surface area contributed by atoms with Crippen molar-refractivity contribution in [1.29, 1.82) is 10.5 Å². The molecule has 0 fully saturated rings. The zero-order valence-corrected chi connectivity index (χ0v) is 13.8. The van der Waals surface area contributed by atoms with Gasteiger partial charge in [-0.25, -0.2) is 0 Å². The lowest BCUT2D eigenvalue weighted by molar-refractivity contribution is 1.25. The highest BCUT2D eigenvalue weighted by Crippen LogP contribution is 2.33. The van der Waals surface area contributed by atoms with Crippen LogP contribution in [0.2, 0.25) is 0 Å². The molecule has 0 saturated heterocycles. The van der Waals surface area contributed by atoms with E-state index in [9.17, 15) is 10.5 Å². The second-order valence-electron chi connectivity index (χ2n) is 5.41. The molecule has 0 bridgehead atoms. The van der Waals surface area contributed by atoms with Gasteiger partial charge in [0.2, 0.25) is 0 Å². The summed E-state index contributed by atoms with van der Waals surface area (Å²) in [5, 5.41) is 19.3. The van der Waals surface area contributed by atoms with Crippen molar-refractivity contribution in [3.8, 4) is 34.5 Å². The summed E-state index contributed by atoms with van der Waals surface area (Å²) in [5.41, 5.74) is 4.75. The highest BCUT2D eigenvalue weighted by atomic mass is 32.1. The fourth-order valence-corrected chi connectivity index (χ4v) is 2.90. The minimum absolute atomic E-state index is 0.324. The third-order valence-corrected chi connectivity index (χ3v) is 4.15. The molecular formula is C20H13N3S. The lowest BCUT2D eigenvalue weighted by Gasteiger charge is -2.13. The fraction of sp³-hybridized carbons (Fsp3) is 0.0500. The summed E-state index contributed by atoms with van der Waals surface area (Å²) in [6, 6.07) is 21.7. The average molecular weight is 327 g/mol. The molecule has 0 amide bonds. The van der Waals surface area contributed by atoms with E-state index >= 15 is 0 Å². The third-order valence-electron chi connectivity index (χ3n) is 3.84. The summed E-state index contributed by atoms with van der Waals surface area (Å²) < 4.78 is 0.339.